The predicted molar refractivity (Wildman–Crippen MR) is 95.7 cm³/mol. The molecule has 1 saturated carbocycles. The molecule has 19 heavy (non-hydrogen) atoms. The minimum Gasteiger partial charge on any atom is -0.506 e. The van der Waals surface area contributed by atoms with E-state index >= 15 is 0 Å². The van der Waals surface area contributed by atoms with E-state index in [1.165, 1.54) is 12.8 Å². The van der Waals surface area contributed by atoms with Crippen LogP contribution in [-0.4, -0.2) is 16.3 Å². The lowest BCUT2D eigenvalue weighted by Crippen LogP contribution is -2.32. The van der Waals surface area contributed by atoms with Crippen molar-refractivity contribution in [3.63, 3.8) is 0 Å². The lowest BCUT2D eigenvalue weighted by Gasteiger charge is -2.25. The quantitative estimate of drug-likeness (QED) is 0.546. The van der Waals surface area contributed by atoms with Gasteiger partial charge in [-0.2, -0.15) is 0 Å². The number of phenolic OH excluding ortho intramolecular Hbond substituents is 1. The Morgan fingerprint density at radius 2 is 1.63 bits per heavy atom. The Bertz CT molecular complexity index is 416. The topological polar surface area (TPSA) is 66.5 Å². The van der Waals surface area contributed by atoms with E-state index in [1.54, 1.807) is 0 Å². The van der Waals surface area contributed by atoms with Crippen molar-refractivity contribution in [1.82, 2.24) is 0 Å². The van der Waals surface area contributed by atoms with Crippen LogP contribution >= 0.6 is 57.6 Å². The maximum Gasteiger partial charge on any atom is 0.142 e. The fourth-order valence-electron chi connectivity index (χ4n) is 2.57. The summed E-state index contributed by atoms with van der Waals surface area (Å²) in [6.45, 7) is 0. The molecule has 2 rings (SSSR count). The number of aliphatic hydroxyl groups is 1. The number of rotatable bonds is 3. The highest BCUT2D eigenvalue weighted by Crippen LogP contribution is 2.35. The molecule has 3 nitrogen and oxygen atoms in total. The van der Waals surface area contributed by atoms with Crippen molar-refractivity contribution in [2.45, 2.75) is 37.8 Å². The van der Waals surface area contributed by atoms with Crippen LogP contribution in [0.15, 0.2) is 12.1 Å². The number of phenols is 1. The largest absolute Gasteiger partial charge is 0.506 e. The van der Waals surface area contributed by atoms with Crippen molar-refractivity contribution in [3.8, 4) is 5.75 Å². The molecule has 1 aromatic carbocycles. The number of halogens is 3. The number of nitrogens with two attached hydrogens (primary N) is 1. The highest BCUT2D eigenvalue weighted by molar-refractivity contribution is 14.1. The van der Waals surface area contributed by atoms with Gasteiger partial charge in [0.05, 0.1) is 19.3 Å². The van der Waals surface area contributed by atoms with Gasteiger partial charge in [0, 0.05) is 0 Å². The molecular formula is C13H18ClI2NO2. The van der Waals surface area contributed by atoms with Crippen LogP contribution in [0, 0.1) is 13.1 Å². The molecule has 0 bridgehead atoms. The Labute approximate surface area is 147 Å². The molecule has 0 aromatic heterocycles. The van der Waals surface area contributed by atoms with Crippen LogP contribution in [0.4, 0.5) is 0 Å². The van der Waals surface area contributed by atoms with Gasteiger partial charge in [0.25, 0.3) is 0 Å². The zero-order valence-electron chi connectivity index (χ0n) is 10.4. The lowest BCUT2D eigenvalue weighted by atomic mass is 9.91. The Morgan fingerprint density at radius 1 is 1.16 bits per heavy atom. The van der Waals surface area contributed by atoms with Gasteiger partial charge >= 0.3 is 0 Å². The Balaban J connectivity index is 0.00000180. The van der Waals surface area contributed by atoms with Crippen LogP contribution in [0.2, 0.25) is 0 Å². The maximum absolute atomic E-state index is 10.3. The normalized spacial score (nSPS) is 18.9. The summed E-state index contributed by atoms with van der Waals surface area (Å²) in [5.74, 6) is 0.617. The molecule has 1 aliphatic rings. The Hall–Kier alpha value is 0.690. The van der Waals surface area contributed by atoms with Gasteiger partial charge in [-0.25, -0.2) is 0 Å². The number of benzene rings is 1. The van der Waals surface area contributed by atoms with Crippen LogP contribution in [0.5, 0.6) is 5.75 Å². The van der Waals surface area contributed by atoms with Crippen LogP contribution < -0.4 is 5.73 Å². The van der Waals surface area contributed by atoms with Crippen molar-refractivity contribution < 1.29 is 10.2 Å². The fourth-order valence-corrected chi connectivity index (χ4v) is 4.38. The third-order valence-electron chi connectivity index (χ3n) is 3.67. The third kappa shape index (κ3) is 4.09. The van der Waals surface area contributed by atoms with Gasteiger partial charge in [-0.3, -0.25) is 0 Å². The van der Waals surface area contributed by atoms with Crippen molar-refractivity contribution in [2.24, 2.45) is 11.7 Å². The summed E-state index contributed by atoms with van der Waals surface area (Å²) in [7, 11) is 0. The molecule has 1 fully saturated rings. The maximum atomic E-state index is 10.3. The Morgan fingerprint density at radius 3 is 2.11 bits per heavy atom. The van der Waals surface area contributed by atoms with E-state index in [9.17, 15) is 10.2 Å². The molecular weight excluding hydrogens is 491 g/mol. The zero-order valence-corrected chi connectivity index (χ0v) is 15.5. The first-order valence-electron chi connectivity index (χ1n) is 6.12. The van der Waals surface area contributed by atoms with E-state index in [0.29, 0.717) is 11.7 Å². The first-order valence-corrected chi connectivity index (χ1v) is 8.28. The van der Waals surface area contributed by atoms with Gasteiger partial charge < -0.3 is 15.9 Å². The first-order chi connectivity index (χ1) is 8.50. The summed E-state index contributed by atoms with van der Waals surface area (Å²) < 4.78 is 1.56. The first kappa shape index (κ1) is 17.7. The van der Waals surface area contributed by atoms with E-state index in [0.717, 1.165) is 25.5 Å². The molecule has 1 aromatic rings. The second-order valence-corrected chi connectivity index (χ2v) is 7.22. The van der Waals surface area contributed by atoms with Crippen LogP contribution in [0.25, 0.3) is 0 Å². The highest BCUT2D eigenvalue weighted by Gasteiger charge is 2.29. The van der Waals surface area contributed by atoms with Crippen LogP contribution in [0.1, 0.15) is 37.3 Å². The van der Waals surface area contributed by atoms with E-state index in [-0.39, 0.29) is 18.4 Å². The van der Waals surface area contributed by atoms with E-state index in [2.05, 4.69) is 45.2 Å². The van der Waals surface area contributed by atoms with E-state index < -0.39 is 6.10 Å². The molecule has 0 saturated heterocycles. The van der Waals surface area contributed by atoms with Gasteiger partial charge in [0.1, 0.15) is 5.75 Å². The highest BCUT2D eigenvalue weighted by atomic mass is 127. The second-order valence-electron chi connectivity index (χ2n) is 4.89. The molecule has 0 spiro atoms. The van der Waals surface area contributed by atoms with E-state index in [1.807, 2.05) is 12.1 Å². The molecule has 1 aliphatic carbocycles. The fraction of sp³-hybridized carbons (Fsp3) is 0.538. The Kier molecular flexibility index (Phi) is 7.12. The number of aliphatic hydroxyl groups excluding tert-OH is 1. The second kappa shape index (κ2) is 7.63. The number of hydrogen-bond acceptors (Lipinski definition) is 3. The summed E-state index contributed by atoms with van der Waals surface area (Å²) in [5.41, 5.74) is 7.07. The van der Waals surface area contributed by atoms with Crippen LogP contribution in [-0.2, 0) is 0 Å². The molecule has 108 valence electrons. The average Bonchev–Trinajstić information content (AvgIpc) is 2.87. The zero-order chi connectivity index (χ0) is 13.3. The number of aromatic hydroxyl groups is 1. The SMILES string of the molecule is Cl.N[C@@H](c1cc(I)c(O)c(I)c1)[C@H](O)C1CCCC1. The van der Waals surface area contributed by atoms with Gasteiger partial charge in [-0.15, -0.1) is 12.4 Å². The molecule has 2 atom stereocenters. The lowest BCUT2D eigenvalue weighted by molar-refractivity contribution is 0.0844. The predicted octanol–water partition coefficient (Wildman–Crippen LogP) is 3.57. The summed E-state index contributed by atoms with van der Waals surface area (Å²) in [4.78, 5) is 0. The third-order valence-corrected chi connectivity index (χ3v) is 5.32. The monoisotopic (exact) mass is 509 g/mol. The van der Waals surface area contributed by atoms with Gasteiger partial charge in [0.15, 0.2) is 0 Å². The standard InChI is InChI=1S/C13H17I2NO2.ClH/c14-9-5-8(6-10(15)13(9)18)11(16)12(17)7-3-1-2-4-7;/h5-7,11-12,17-18H,1-4,16H2;1H/t11-,12+;/m0./s1. The van der Waals surface area contributed by atoms with Crippen molar-refractivity contribution >= 4 is 57.6 Å². The molecule has 0 aliphatic heterocycles. The van der Waals surface area contributed by atoms with Gasteiger partial charge in [-0.05, 0) is 81.6 Å². The summed E-state index contributed by atoms with van der Waals surface area (Å²) in [6.07, 6.45) is 4.05. The van der Waals surface area contributed by atoms with Gasteiger partial charge in [-0.1, -0.05) is 12.8 Å². The molecule has 6 heteroatoms. The van der Waals surface area contributed by atoms with Gasteiger partial charge in [0.2, 0.25) is 0 Å². The molecule has 0 amide bonds. The molecule has 0 heterocycles. The number of hydrogen-bond donors (Lipinski definition) is 3. The minimum absolute atomic E-state index is 0. The van der Waals surface area contributed by atoms with Crippen molar-refractivity contribution in [1.29, 1.82) is 0 Å². The molecule has 4 N–H and O–H groups in total. The minimum atomic E-state index is -0.483. The van der Waals surface area contributed by atoms with Crippen LogP contribution in [0.3, 0.4) is 0 Å². The summed E-state index contributed by atoms with van der Waals surface area (Å²) in [5, 5.41) is 20.1. The van der Waals surface area contributed by atoms with Crippen molar-refractivity contribution in [3.05, 3.63) is 24.8 Å². The van der Waals surface area contributed by atoms with E-state index in [4.69, 9.17) is 5.73 Å². The summed E-state index contributed by atoms with van der Waals surface area (Å²) in [6, 6.07) is 3.36. The van der Waals surface area contributed by atoms with Crippen molar-refractivity contribution in [2.75, 3.05) is 0 Å². The smallest absolute Gasteiger partial charge is 0.142 e. The molecule has 0 unspecified atom stereocenters. The molecule has 0 radical (unpaired) electrons. The average molecular weight is 510 g/mol. The summed E-state index contributed by atoms with van der Waals surface area (Å²) >= 11 is 4.18.